The highest BCUT2D eigenvalue weighted by Gasteiger charge is 2.30. The van der Waals surface area contributed by atoms with E-state index in [2.05, 4.69) is 16.0 Å². The van der Waals surface area contributed by atoms with E-state index in [4.69, 9.17) is 0 Å². The number of nitrogens with one attached hydrogen (secondary N) is 3. The molecular weight excluding hydrogens is 504 g/mol. The van der Waals surface area contributed by atoms with E-state index in [0.29, 0.717) is 18.9 Å². The Hall–Kier alpha value is -2.69. The Morgan fingerprint density at radius 3 is 2.10 bits per heavy atom. The van der Waals surface area contributed by atoms with Crippen LogP contribution in [-0.4, -0.2) is 83.0 Å². The van der Waals surface area contributed by atoms with E-state index in [1.165, 1.54) is 11.3 Å². The number of carbonyl (C=O) groups is 5. The smallest absolute Gasteiger partial charge is 0.326 e. The van der Waals surface area contributed by atoms with Gasteiger partial charge in [-0.3, -0.25) is 19.2 Å². The Kier molecular flexibility index (Phi) is 14.9. The summed E-state index contributed by atoms with van der Waals surface area (Å²) in [5.74, 6) is -3.38. The van der Waals surface area contributed by atoms with Crippen LogP contribution >= 0.6 is 0 Å². The number of rotatable bonds is 15. The van der Waals surface area contributed by atoms with Gasteiger partial charge in [0, 0.05) is 13.0 Å². The van der Waals surface area contributed by atoms with Crippen LogP contribution in [0.4, 0.5) is 0 Å². The van der Waals surface area contributed by atoms with Gasteiger partial charge in [-0.05, 0) is 64.0 Å². The van der Waals surface area contributed by atoms with Gasteiger partial charge in [0.1, 0.15) is 12.1 Å². The van der Waals surface area contributed by atoms with Gasteiger partial charge in [0.15, 0.2) is 0 Å². The fraction of sp³-hybridized carbons (Fsp3) is 0.821. The molecule has 1 saturated carbocycles. The summed E-state index contributed by atoms with van der Waals surface area (Å²) in [7, 11) is 0. The second kappa shape index (κ2) is 17.8. The molecule has 0 radical (unpaired) electrons. The maximum atomic E-state index is 12.9. The lowest BCUT2D eigenvalue weighted by molar-refractivity contribution is -0.144. The van der Waals surface area contributed by atoms with Crippen molar-refractivity contribution in [1.29, 1.82) is 0 Å². The summed E-state index contributed by atoms with van der Waals surface area (Å²) in [6.07, 6.45) is 11.1. The minimum Gasteiger partial charge on any atom is -0.481 e. The maximum Gasteiger partial charge on any atom is 0.326 e. The summed E-state index contributed by atoms with van der Waals surface area (Å²) < 4.78 is 0. The molecule has 2 fully saturated rings. The molecule has 222 valence electrons. The van der Waals surface area contributed by atoms with E-state index in [0.717, 1.165) is 77.3 Å². The number of carboxylic acid groups (broad SMARTS) is 2. The minimum absolute atomic E-state index is 0.161. The van der Waals surface area contributed by atoms with Crippen molar-refractivity contribution in [3.05, 3.63) is 0 Å². The predicted octanol–water partition coefficient (Wildman–Crippen LogP) is 2.28. The van der Waals surface area contributed by atoms with Crippen molar-refractivity contribution < 1.29 is 34.2 Å². The van der Waals surface area contributed by atoms with E-state index in [-0.39, 0.29) is 24.8 Å². The summed E-state index contributed by atoms with van der Waals surface area (Å²) in [5, 5.41) is 27.2. The molecule has 1 saturated heterocycles. The van der Waals surface area contributed by atoms with Gasteiger partial charge in [-0.15, -0.1) is 0 Å². The van der Waals surface area contributed by atoms with Gasteiger partial charge >= 0.3 is 11.9 Å². The largest absolute Gasteiger partial charge is 0.481 e. The van der Waals surface area contributed by atoms with Crippen LogP contribution in [-0.2, 0) is 24.0 Å². The number of hydrogen-bond acceptors (Lipinski definition) is 6. The Balaban J connectivity index is 1.90. The highest BCUT2D eigenvalue weighted by Crippen LogP contribution is 2.26. The van der Waals surface area contributed by atoms with E-state index in [1.54, 1.807) is 6.92 Å². The summed E-state index contributed by atoms with van der Waals surface area (Å²) in [4.78, 5) is 63.1. The van der Waals surface area contributed by atoms with Crippen molar-refractivity contribution in [2.75, 3.05) is 26.2 Å². The van der Waals surface area contributed by atoms with Crippen molar-refractivity contribution in [3.8, 4) is 0 Å². The average Bonchev–Trinajstić information content (AvgIpc) is 2.87. The molecule has 39 heavy (non-hydrogen) atoms. The highest BCUT2D eigenvalue weighted by atomic mass is 16.4. The predicted molar refractivity (Wildman–Crippen MR) is 146 cm³/mol. The Morgan fingerprint density at radius 2 is 1.51 bits per heavy atom. The average molecular weight is 553 g/mol. The molecule has 11 heteroatoms. The summed E-state index contributed by atoms with van der Waals surface area (Å²) >= 11 is 0. The SMILES string of the molecule is CCN(CC(=O)N[C@@H](CC(=O)O)C(=O)N[C@H](CC1CCCCCCC1)C(=O)O)C(=O)CCCC1CCNCC1. The van der Waals surface area contributed by atoms with Crippen LogP contribution in [0.15, 0.2) is 0 Å². The number of hydrogen-bond donors (Lipinski definition) is 5. The first-order valence-electron chi connectivity index (χ1n) is 14.7. The summed E-state index contributed by atoms with van der Waals surface area (Å²) in [5.41, 5.74) is 0. The van der Waals surface area contributed by atoms with Crippen LogP contribution in [0.3, 0.4) is 0 Å². The van der Waals surface area contributed by atoms with E-state index in [1.807, 2.05) is 0 Å². The number of likely N-dealkylation sites (N-methyl/N-ethyl adjacent to an activating group) is 1. The van der Waals surface area contributed by atoms with Gasteiger partial charge in [-0.2, -0.15) is 0 Å². The molecule has 2 rings (SSSR count). The number of piperidine rings is 1. The monoisotopic (exact) mass is 552 g/mol. The standard InChI is InChI=1S/C28H48N4O7/c1-2-32(25(34)12-8-11-20-13-15-29-16-14-20)19-24(33)30-22(18-26(35)36)27(37)31-23(28(38)39)17-21-9-6-4-3-5-7-10-21/h20-23,29H,2-19H2,1H3,(H,30,33)(H,31,37)(H,35,36)(H,38,39)/t22-,23+/m0/s1. The molecule has 0 unspecified atom stereocenters. The molecule has 5 N–H and O–H groups in total. The lowest BCUT2D eigenvalue weighted by atomic mass is 9.86. The first-order chi connectivity index (χ1) is 18.7. The third kappa shape index (κ3) is 12.8. The molecule has 1 aliphatic carbocycles. The zero-order chi connectivity index (χ0) is 28.6. The molecular formula is C28H48N4O7. The number of carbonyl (C=O) groups excluding carboxylic acids is 3. The van der Waals surface area contributed by atoms with Crippen LogP contribution in [0.2, 0.25) is 0 Å². The summed E-state index contributed by atoms with van der Waals surface area (Å²) in [6, 6.07) is -2.60. The van der Waals surface area contributed by atoms with Crippen molar-refractivity contribution in [2.24, 2.45) is 11.8 Å². The molecule has 0 aromatic carbocycles. The van der Waals surface area contributed by atoms with Crippen molar-refractivity contribution in [2.45, 2.75) is 109 Å². The highest BCUT2D eigenvalue weighted by molar-refractivity contribution is 5.94. The van der Waals surface area contributed by atoms with Crippen molar-refractivity contribution in [1.82, 2.24) is 20.9 Å². The molecule has 0 aromatic rings. The van der Waals surface area contributed by atoms with Gasteiger partial charge in [0.25, 0.3) is 0 Å². The van der Waals surface area contributed by atoms with Crippen LogP contribution < -0.4 is 16.0 Å². The molecule has 3 amide bonds. The number of carboxylic acids is 2. The van der Waals surface area contributed by atoms with E-state index >= 15 is 0 Å². The van der Waals surface area contributed by atoms with Crippen LogP contribution in [0, 0.1) is 11.8 Å². The number of aliphatic carboxylic acids is 2. The van der Waals surface area contributed by atoms with E-state index < -0.39 is 42.3 Å². The van der Waals surface area contributed by atoms with Crippen LogP contribution in [0.5, 0.6) is 0 Å². The van der Waals surface area contributed by atoms with Gasteiger partial charge < -0.3 is 31.1 Å². The van der Waals surface area contributed by atoms with Crippen LogP contribution in [0.1, 0.15) is 96.8 Å². The van der Waals surface area contributed by atoms with Gasteiger partial charge in [0.05, 0.1) is 13.0 Å². The Labute approximate surface area is 231 Å². The second-order valence-electron chi connectivity index (χ2n) is 11.1. The summed E-state index contributed by atoms with van der Waals surface area (Å²) in [6.45, 7) is 3.76. The minimum atomic E-state index is -1.44. The zero-order valence-electron chi connectivity index (χ0n) is 23.4. The molecule has 0 spiro atoms. The molecule has 0 bridgehead atoms. The number of amides is 3. The second-order valence-corrected chi connectivity index (χ2v) is 11.1. The maximum absolute atomic E-state index is 12.9. The molecule has 2 aliphatic rings. The Morgan fingerprint density at radius 1 is 0.872 bits per heavy atom. The first kappa shape index (κ1) is 32.5. The van der Waals surface area contributed by atoms with Gasteiger partial charge in [-0.1, -0.05) is 44.9 Å². The van der Waals surface area contributed by atoms with Crippen molar-refractivity contribution >= 4 is 29.7 Å². The fourth-order valence-corrected chi connectivity index (χ4v) is 5.65. The molecule has 1 aliphatic heterocycles. The number of nitrogens with zero attached hydrogens (tertiary/aromatic N) is 1. The zero-order valence-corrected chi connectivity index (χ0v) is 23.4. The van der Waals surface area contributed by atoms with E-state index in [9.17, 15) is 34.2 Å². The van der Waals surface area contributed by atoms with Gasteiger partial charge in [0.2, 0.25) is 17.7 Å². The van der Waals surface area contributed by atoms with Crippen molar-refractivity contribution in [3.63, 3.8) is 0 Å². The normalized spacial score (nSPS) is 18.7. The van der Waals surface area contributed by atoms with Gasteiger partial charge in [-0.25, -0.2) is 4.79 Å². The molecule has 2 atom stereocenters. The topological polar surface area (TPSA) is 165 Å². The molecule has 1 heterocycles. The quantitative estimate of drug-likeness (QED) is 0.206. The fourth-order valence-electron chi connectivity index (χ4n) is 5.65. The molecule has 0 aromatic heterocycles. The molecule has 11 nitrogen and oxygen atoms in total. The lowest BCUT2D eigenvalue weighted by Gasteiger charge is -2.26. The lowest BCUT2D eigenvalue weighted by Crippen LogP contribution is -2.54. The third-order valence-electron chi connectivity index (χ3n) is 7.97. The van der Waals surface area contributed by atoms with Crippen LogP contribution in [0.25, 0.3) is 0 Å². The Bertz CT molecular complexity index is 808. The first-order valence-corrected chi connectivity index (χ1v) is 14.7. The third-order valence-corrected chi connectivity index (χ3v) is 7.97.